The summed E-state index contributed by atoms with van der Waals surface area (Å²) in [5, 5.41) is 2.85. The molecular formula is C22H20FN5O2. The van der Waals surface area contributed by atoms with Crippen LogP contribution in [-0.2, 0) is 13.6 Å². The van der Waals surface area contributed by atoms with E-state index in [0.29, 0.717) is 23.4 Å². The zero-order valence-corrected chi connectivity index (χ0v) is 16.5. The Morgan fingerprint density at radius 3 is 2.63 bits per heavy atom. The first-order valence-electron chi connectivity index (χ1n) is 9.33. The number of hydrogen-bond acceptors (Lipinski definition) is 4. The molecule has 0 radical (unpaired) electrons. The number of halogens is 1. The number of fused-ring (bicyclic) bond motifs is 1. The smallest absolute Gasteiger partial charge is 0.326 e. The molecule has 0 saturated heterocycles. The summed E-state index contributed by atoms with van der Waals surface area (Å²) in [6, 6.07) is 15.0. The molecule has 152 valence electrons. The van der Waals surface area contributed by atoms with Crippen molar-refractivity contribution < 1.29 is 9.18 Å². The quantitative estimate of drug-likeness (QED) is 0.535. The monoisotopic (exact) mass is 405 g/mol. The fourth-order valence-corrected chi connectivity index (χ4v) is 3.18. The van der Waals surface area contributed by atoms with Crippen molar-refractivity contribution in [2.75, 3.05) is 11.9 Å². The first kappa shape index (κ1) is 19.4. The molecule has 2 N–H and O–H groups in total. The predicted molar refractivity (Wildman–Crippen MR) is 113 cm³/mol. The summed E-state index contributed by atoms with van der Waals surface area (Å²) in [4.78, 5) is 33.1. The van der Waals surface area contributed by atoms with Crippen LogP contribution in [0.25, 0.3) is 11.0 Å². The SMILES string of the molecule is CN(c1ccc(F)cc1)c1ccc(CNC(=O)c2ccc3c(c2)[nH]c(=O)n3C)cn1. The van der Waals surface area contributed by atoms with E-state index >= 15 is 0 Å². The topological polar surface area (TPSA) is 83.0 Å². The first-order valence-corrected chi connectivity index (χ1v) is 9.33. The van der Waals surface area contributed by atoms with Gasteiger partial charge in [-0.1, -0.05) is 6.07 Å². The van der Waals surface area contributed by atoms with Crippen LogP contribution in [0.4, 0.5) is 15.9 Å². The minimum atomic E-state index is -0.288. The number of pyridine rings is 1. The van der Waals surface area contributed by atoms with Crippen LogP contribution in [0.2, 0.25) is 0 Å². The zero-order chi connectivity index (χ0) is 21.3. The molecule has 0 aliphatic carbocycles. The molecule has 4 aromatic rings. The number of anilines is 2. The van der Waals surface area contributed by atoms with Crippen LogP contribution in [0.5, 0.6) is 0 Å². The van der Waals surface area contributed by atoms with Gasteiger partial charge in [-0.05, 0) is 54.1 Å². The number of carbonyl (C=O) groups is 1. The van der Waals surface area contributed by atoms with Crippen molar-refractivity contribution in [1.29, 1.82) is 0 Å². The fraction of sp³-hybridized carbons (Fsp3) is 0.136. The lowest BCUT2D eigenvalue weighted by Crippen LogP contribution is -2.23. The number of hydrogen-bond donors (Lipinski definition) is 2. The summed E-state index contributed by atoms with van der Waals surface area (Å²) in [5.74, 6) is 0.174. The summed E-state index contributed by atoms with van der Waals surface area (Å²) >= 11 is 0. The molecule has 7 nitrogen and oxygen atoms in total. The Morgan fingerprint density at radius 1 is 1.17 bits per heavy atom. The van der Waals surface area contributed by atoms with Crippen molar-refractivity contribution in [2.24, 2.45) is 7.05 Å². The highest BCUT2D eigenvalue weighted by molar-refractivity contribution is 5.97. The van der Waals surface area contributed by atoms with Crippen LogP contribution < -0.4 is 15.9 Å². The molecule has 1 amide bonds. The van der Waals surface area contributed by atoms with E-state index < -0.39 is 0 Å². The Labute approximate surface area is 171 Å². The average Bonchev–Trinajstić information content (AvgIpc) is 3.05. The fourth-order valence-electron chi connectivity index (χ4n) is 3.18. The summed E-state index contributed by atoms with van der Waals surface area (Å²) in [5.41, 5.74) is 3.25. The van der Waals surface area contributed by atoms with Crippen LogP contribution in [0.1, 0.15) is 15.9 Å². The standard InChI is InChI=1S/C22H20FN5O2/c1-27(17-7-5-16(23)6-8-17)20-10-3-14(12-24-20)13-25-21(29)15-4-9-19-18(11-15)26-22(30)28(19)2/h3-12H,13H2,1-2H3,(H,25,29)(H,26,30). The van der Waals surface area contributed by atoms with Gasteiger partial charge in [0, 0.05) is 38.1 Å². The van der Waals surface area contributed by atoms with Crippen molar-refractivity contribution in [3.05, 3.63) is 88.2 Å². The number of aromatic nitrogens is 3. The molecule has 0 spiro atoms. The zero-order valence-electron chi connectivity index (χ0n) is 16.5. The van der Waals surface area contributed by atoms with Gasteiger partial charge in [0.25, 0.3) is 5.91 Å². The summed E-state index contributed by atoms with van der Waals surface area (Å²) < 4.78 is 14.6. The van der Waals surface area contributed by atoms with Gasteiger partial charge in [0.1, 0.15) is 11.6 Å². The largest absolute Gasteiger partial charge is 0.348 e. The number of nitrogens with one attached hydrogen (secondary N) is 2. The highest BCUT2D eigenvalue weighted by Crippen LogP contribution is 2.21. The minimum absolute atomic E-state index is 0.223. The Morgan fingerprint density at radius 2 is 1.93 bits per heavy atom. The molecule has 0 atom stereocenters. The molecule has 4 rings (SSSR count). The van der Waals surface area contributed by atoms with E-state index in [1.165, 1.54) is 16.7 Å². The van der Waals surface area contributed by atoms with E-state index in [2.05, 4.69) is 15.3 Å². The summed E-state index contributed by atoms with van der Waals surface area (Å²) in [6.45, 7) is 0.315. The van der Waals surface area contributed by atoms with Gasteiger partial charge < -0.3 is 15.2 Å². The highest BCUT2D eigenvalue weighted by atomic mass is 19.1. The van der Waals surface area contributed by atoms with E-state index in [-0.39, 0.29) is 17.4 Å². The van der Waals surface area contributed by atoms with Crippen molar-refractivity contribution >= 4 is 28.4 Å². The third-order valence-electron chi connectivity index (χ3n) is 4.99. The predicted octanol–water partition coefficient (Wildman–Crippen LogP) is 3.10. The van der Waals surface area contributed by atoms with Gasteiger partial charge in [0.15, 0.2) is 0 Å². The summed E-state index contributed by atoms with van der Waals surface area (Å²) in [6.07, 6.45) is 1.69. The normalized spacial score (nSPS) is 10.9. The van der Waals surface area contributed by atoms with E-state index in [1.54, 1.807) is 43.6 Å². The molecule has 2 heterocycles. The van der Waals surface area contributed by atoms with Crippen LogP contribution in [0, 0.1) is 5.82 Å². The Bertz CT molecular complexity index is 1260. The third kappa shape index (κ3) is 3.80. The van der Waals surface area contributed by atoms with Crippen molar-refractivity contribution in [2.45, 2.75) is 6.54 Å². The second kappa shape index (κ2) is 7.82. The molecule has 0 unspecified atom stereocenters. The number of carbonyl (C=O) groups excluding carboxylic acids is 1. The molecule has 0 bridgehead atoms. The van der Waals surface area contributed by atoms with E-state index in [4.69, 9.17) is 0 Å². The number of rotatable bonds is 5. The maximum absolute atomic E-state index is 13.1. The van der Waals surface area contributed by atoms with Gasteiger partial charge in [-0.15, -0.1) is 0 Å². The van der Waals surface area contributed by atoms with Crippen LogP contribution >= 0.6 is 0 Å². The van der Waals surface area contributed by atoms with Crippen LogP contribution in [0.15, 0.2) is 65.6 Å². The van der Waals surface area contributed by atoms with Crippen molar-refractivity contribution in [3.63, 3.8) is 0 Å². The highest BCUT2D eigenvalue weighted by Gasteiger charge is 2.10. The lowest BCUT2D eigenvalue weighted by molar-refractivity contribution is 0.0951. The molecule has 0 aliphatic rings. The van der Waals surface area contributed by atoms with Gasteiger partial charge in [-0.2, -0.15) is 0 Å². The number of aryl methyl sites for hydroxylation is 1. The number of imidazole rings is 1. The maximum atomic E-state index is 13.1. The van der Waals surface area contributed by atoms with Gasteiger partial charge in [-0.25, -0.2) is 14.2 Å². The lowest BCUT2D eigenvalue weighted by atomic mass is 10.2. The van der Waals surface area contributed by atoms with Gasteiger partial charge in [-0.3, -0.25) is 9.36 Å². The van der Waals surface area contributed by atoms with Gasteiger partial charge in [0.2, 0.25) is 0 Å². The van der Waals surface area contributed by atoms with Crippen LogP contribution in [-0.4, -0.2) is 27.5 Å². The number of benzene rings is 2. The van der Waals surface area contributed by atoms with E-state index in [0.717, 1.165) is 16.8 Å². The number of nitrogens with zero attached hydrogens (tertiary/aromatic N) is 3. The molecule has 2 aromatic carbocycles. The number of aromatic amines is 1. The van der Waals surface area contributed by atoms with Gasteiger partial charge in [0.05, 0.1) is 11.0 Å². The summed E-state index contributed by atoms with van der Waals surface area (Å²) in [7, 11) is 3.52. The van der Waals surface area contributed by atoms with E-state index in [9.17, 15) is 14.0 Å². The molecule has 8 heteroatoms. The Kier molecular flexibility index (Phi) is 5.05. The minimum Gasteiger partial charge on any atom is -0.348 e. The van der Waals surface area contributed by atoms with Crippen LogP contribution in [0.3, 0.4) is 0 Å². The molecule has 2 aromatic heterocycles. The maximum Gasteiger partial charge on any atom is 0.326 e. The molecule has 0 fully saturated rings. The van der Waals surface area contributed by atoms with E-state index in [1.807, 2.05) is 24.1 Å². The number of H-pyrrole nitrogens is 1. The molecule has 30 heavy (non-hydrogen) atoms. The second-order valence-electron chi connectivity index (χ2n) is 6.96. The van der Waals surface area contributed by atoms with Gasteiger partial charge >= 0.3 is 5.69 Å². The van der Waals surface area contributed by atoms with Crippen molar-refractivity contribution in [1.82, 2.24) is 19.9 Å². The molecular weight excluding hydrogens is 385 g/mol. The van der Waals surface area contributed by atoms with Crippen molar-refractivity contribution in [3.8, 4) is 0 Å². The number of amides is 1. The lowest BCUT2D eigenvalue weighted by Gasteiger charge is -2.18. The first-order chi connectivity index (χ1) is 14.4. The molecule has 0 saturated carbocycles. The molecule has 0 aliphatic heterocycles. The average molecular weight is 405 g/mol. The Hall–Kier alpha value is -3.94. The second-order valence-corrected chi connectivity index (χ2v) is 6.96. The Balaban J connectivity index is 1.42. The third-order valence-corrected chi connectivity index (χ3v) is 4.99.